The van der Waals surface area contributed by atoms with Crippen LogP contribution in [0, 0.1) is 0 Å². The average molecular weight is 345 g/mol. The predicted octanol–water partition coefficient (Wildman–Crippen LogP) is -0.213. The molecular weight excluding hydrogens is 326 g/mol. The number of hydrogen-bond donors (Lipinski definition) is 1. The Balaban J connectivity index is 1.54. The molecule has 0 saturated carbocycles. The fourth-order valence-electron chi connectivity index (χ4n) is 2.78. The molecule has 3 rings (SSSR count). The van der Waals surface area contributed by atoms with Crippen LogP contribution in [0.15, 0.2) is 40.2 Å². The number of amides is 1. The van der Waals surface area contributed by atoms with E-state index in [9.17, 15) is 14.4 Å². The van der Waals surface area contributed by atoms with E-state index in [0.717, 1.165) is 12.8 Å². The van der Waals surface area contributed by atoms with E-state index in [1.54, 1.807) is 23.2 Å². The highest BCUT2D eigenvalue weighted by Crippen LogP contribution is 2.16. The molecule has 0 aliphatic carbocycles. The molecule has 0 bridgehead atoms. The van der Waals surface area contributed by atoms with Crippen molar-refractivity contribution in [2.45, 2.75) is 31.9 Å². The van der Waals surface area contributed by atoms with Crippen LogP contribution in [0.25, 0.3) is 0 Å². The first-order chi connectivity index (χ1) is 12.1. The van der Waals surface area contributed by atoms with Gasteiger partial charge < -0.3 is 14.2 Å². The maximum Gasteiger partial charge on any atom is 0.328 e. The molecule has 3 heterocycles. The number of carbonyl (C=O) groups is 1. The molecule has 1 atom stereocenters. The number of piperidine rings is 1. The standard InChI is InChI=1S/C16H19N5O4/c22-13-5-9-20(16(24)18-13)10-6-15(23)21-8-2-3-12(11-21)25-14-4-1-7-17-19-14/h1,4-5,7,9,12H,2-3,6,8,10-11H2,(H,18,22,24)/t12-/m1/s1. The zero-order valence-corrected chi connectivity index (χ0v) is 13.6. The Hall–Kier alpha value is -2.97. The van der Waals surface area contributed by atoms with Crippen LogP contribution in [0.4, 0.5) is 0 Å². The van der Waals surface area contributed by atoms with Gasteiger partial charge in [0.05, 0.1) is 6.54 Å². The van der Waals surface area contributed by atoms with E-state index in [1.165, 1.54) is 16.8 Å². The van der Waals surface area contributed by atoms with Crippen LogP contribution < -0.4 is 16.0 Å². The quantitative estimate of drug-likeness (QED) is 0.803. The summed E-state index contributed by atoms with van der Waals surface area (Å²) in [4.78, 5) is 39.0. The van der Waals surface area contributed by atoms with Gasteiger partial charge in [0.25, 0.3) is 5.56 Å². The monoisotopic (exact) mass is 345 g/mol. The number of aromatic amines is 1. The Morgan fingerprint density at radius 3 is 3.00 bits per heavy atom. The van der Waals surface area contributed by atoms with E-state index in [0.29, 0.717) is 19.0 Å². The lowest BCUT2D eigenvalue weighted by Crippen LogP contribution is -2.45. The molecule has 2 aromatic rings. The number of aromatic nitrogens is 4. The zero-order chi connectivity index (χ0) is 17.6. The van der Waals surface area contributed by atoms with Gasteiger partial charge in [0.1, 0.15) is 6.10 Å². The number of rotatable bonds is 5. The molecule has 132 valence electrons. The largest absolute Gasteiger partial charge is 0.471 e. The number of nitrogens with zero attached hydrogens (tertiary/aromatic N) is 4. The summed E-state index contributed by atoms with van der Waals surface area (Å²) in [6, 6.07) is 4.74. The van der Waals surface area contributed by atoms with Gasteiger partial charge in [-0.05, 0) is 18.9 Å². The van der Waals surface area contributed by atoms with Gasteiger partial charge in [0.15, 0.2) is 0 Å². The zero-order valence-electron chi connectivity index (χ0n) is 13.6. The van der Waals surface area contributed by atoms with Crippen molar-refractivity contribution in [3.63, 3.8) is 0 Å². The molecule has 1 saturated heterocycles. The third-order valence-corrected chi connectivity index (χ3v) is 4.03. The third-order valence-electron chi connectivity index (χ3n) is 4.03. The molecule has 0 aromatic carbocycles. The van der Waals surface area contributed by atoms with E-state index in [-0.39, 0.29) is 25.0 Å². The van der Waals surface area contributed by atoms with E-state index >= 15 is 0 Å². The summed E-state index contributed by atoms with van der Waals surface area (Å²) in [6.07, 6.45) is 4.72. The highest BCUT2D eigenvalue weighted by atomic mass is 16.5. The number of ether oxygens (including phenoxy) is 1. The van der Waals surface area contributed by atoms with E-state index in [2.05, 4.69) is 15.2 Å². The van der Waals surface area contributed by atoms with Gasteiger partial charge in [-0.1, -0.05) is 0 Å². The van der Waals surface area contributed by atoms with Crippen LogP contribution in [0.1, 0.15) is 19.3 Å². The van der Waals surface area contributed by atoms with Crippen LogP contribution in [-0.2, 0) is 11.3 Å². The Bertz CT molecular complexity index is 832. The van der Waals surface area contributed by atoms with Gasteiger partial charge >= 0.3 is 5.69 Å². The van der Waals surface area contributed by atoms with Crippen LogP contribution in [0.2, 0.25) is 0 Å². The Morgan fingerprint density at radius 1 is 1.36 bits per heavy atom. The van der Waals surface area contributed by atoms with E-state index < -0.39 is 11.2 Å². The summed E-state index contributed by atoms with van der Waals surface area (Å²) in [7, 11) is 0. The number of carbonyl (C=O) groups excluding carboxylic acids is 1. The molecule has 1 fully saturated rings. The molecule has 0 unspecified atom stereocenters. The third kappa shape index (κ3) is 4.52. The van der Waals surface area contributed by atoms with Crippen LogP contribution in [-0.4, -0.2) is 49.7 Å². The van der Waals surface area contributed by atoms with Crippen molar-refractivity contribution in [1.29, 1.82) is 0 Å². The predicted molar refractivity (Wildman–Crippen MR) is 88.2 cm³/mol. The molecular formula is C16H19N5O4. The van der Waals surface area contributed by atoms with Gasteiger partial charge in [-0.25, -0.2) is 4.79 Å². The van der Waals surface area contributed by atoms with Crippen LogP contribution in [0.3, 0.4) is 0 Å². The smallest absolute Gasteiger partial charge is 0.328 e. The summed E-state index contributed by atoms with van der Waals surface area (Å²) >= 11 is 0. The van der Waals surface area contributed by atoms with Crippen molar-refractivity contribution < 1.29 is 9.53 Å². The molecule has 9 heteroatoms. The van der Waals surface area contributed by atoms with E-state index in [4.69, 9.17) is 4.74 Å². The first-order valence-corrected chi connectivity index (χ1v) is 8.14. The summed E-state index contributed by atoms with van der Waals surface area (Å²) in [6.45, 7) is 1.37. The van der Waals surface area contributed by atoms with Gasteiger partial charge in [-0.3, -0.25) is 14.6 Å². The lowest BCUT2D eigenvalue weighted by molar-refractivity contribution is -0.134. The van der Waals surface area contributed by atoms with Gasteiger partial charge in [0, 0.05) is 44.0 Å². The Kier molecular flexibility index (Phi) is 5.22. The molecule has 1 aliphatic rings. The minimum Gasteiger partial charge on any atom is -0.471 e. The van der Waals surface area contributed by atoms with Gasteiger partial charge in [-0.15, -0.1) is 5.10 Å². The maximum atomic E-state index is 12.4. The highest BCUT2D eigenvalue weighted by molar-refractivity contribution is 5.76. The molecule has 1 N–H and O–H groups in total. The Morgan fingerprint density at radius 2 is 2.24 bits per heavy atom. The highest BCUT2D eigenvalue weighted by Gasteiger charge is 2.25. The Labute approximate surface area is 143 Å². The maximum absolute atomic E-state index is 12.4. The fraction of sp³-hybridized carbons (Fsp3) is 0.438. The summed E-state index contributed by atoms with van der Waals surface area (Å²) in [5.74, 6) is 0.395. The second kappa shape index (κ2) is 7.73. The van der Waals surface area contributed by atoms with Crippen molar-refractivity contribution in [3.8, 4) is 5.88 Å². The molecule has 1 aliphatic heterocycles. The minimum absolute atomic E-state index is 0.0504. The lowest BCUT2D eigenvalue weighted by Gasteiger charge is -2.32. The van der Waals surface area contributed by atoms with Crippen molar-refractivity contribution in [2.75, 3.05) is 13.1 Å². The number of aryl methyl sites for hydroxylation is 1. The first-order valence-electron chi connectivity index (χ1n) is 8.14. The molecule has 0 radical (unpaired) electrons. The number of nitrogens with one attached hydrogen (secondary N) is 1. The van der Waals surface area contributed by atoms with Crippen molar-refractivity contribution >= 4 is 5.91 Å². The van der Waals surface area contributed by atoms with Crippen molar-refractivity contribution in [3.05, 3.63) is 51.4 Å². The molecule has 0 spiro atoms. The summed E-state index contributed by atoms with van der Waals surface area (Å²) in [5.41, 5.74) is -0.963. The van der Waals surface area contributed by atoms with Crippen molar-refractivity contribution in [1.82, 2.24) is 24.6 Å². The van der Waals surface area contributed by atoms with Gasteiger partial charge in [-0.2, -0.15) is 5.10 Å². The summed E-state index contributed by atoms with van der Waals surface area (Å²) in [5, 5.41) is 7.66. The fourth-order valence-corrected chi connectivity index (χ4v) is 2.78. The lowest BCUT2D eigenvalue weighted by atomic mass is 10.1. The second-order valence-corrected chi connectivity index (χ2v) is 5.84. The van der Waals surface area contributed by atoms with Crippen LogP contribution in [0.5, 0.6) is 5.88 Å². The SMILES string of the molecule is O=C(CCn1ccc(=O)[nH]c1=O)N1CCC[C@@H](Oc2cccnn2)C1. The van der Waals surface area contributed by atoms with Crippen molar-refractivity contribution in [2.24, 2.45) is 0 Å². The number of hydrogen-bond acceptors (Lipinski definition) is 6. The number of likely N-dealkylation sites (tertiary alicyclic amines) is 1. The molecule has 9 nitrogen and oxygen atoms in total. The first kappa shape index (κ1) is 16.9. The van der Waals surface area contributed by atoms with Gasteiger partial charge in [0.2, 0.25) is 11.8 Å². The molecule has 25 heavy (non-hydrogen) atoms. The molecule has 2 aromatic heterocycles. The van der Waals surface area contributed by atoms with Crippen LogP contribution >= 0.6 is 0 Å². The topological polar surface area (TPSA) is 110 Å². The normalized spacial score (nSPS) is 17.3. The molecule has 1 amide bonds. The second-order valence-electron chi connectivity index (χ2n) is 5.84. The number of H-pyrrole nitrogens is 1. The van der Waals surface area contributed by atoms with E-state index in [1.807, 2.05) is 0 Å². The average Bonchev–Trinajstić information content (AvgIpc) is 2.62. The minimum atomic E-state index is -0.511. The summed E-state index contributed by atoms with van der Waals surface area (Å²) < 4.78 is 7.08.